The number of nitrogens with two attached hydrogens (primary N) is 1. The number of quaternary nitrogens is 1. The Hall–Kier alpha value is -2.32. The fraction of sp³-hybridized carbons (Fsp3) is 0.238. The van der Waals surface area contributed by atoms with Crippen LogP contribution in [0.5, 0.6) is 0 Å². The maximum Gasteiger partial charge on any atom is 0.128 e. The Morgan fingerprint density at radius 1 is 1.00 bits per heavy atom. The Kier molecular flexibility index (Phi) is 3.76. The molecule has 0 aliphatic carbocycles. The molecule has 0 saturated carbocycles. The smallest absolute Gasteiger partial charge is 0.128 e. The summed E-state index contributed by atoms with van der Waals surface area (Å²) in [5.41, 5.74) is 5.59. The van der Waals surface area contributed by atoms with Crippen molar-refractivity contribution in [3.8, 4) is 5.69 Å². The topological polar surface area (TPSA) is 21.5 Å². The molecule has 0 spiro atoms. The average molecular weight is 303 g/mol. The van der Waals surface area contributed by atoms with Crippen molar-refractivity contribution in [3.63, 3.8) is 0 Å². The van der Waals surface area contributed by atoms with E-state index >= 15 is 0 Å². The third-order valence-corrected chi connectivity index (χ3v) is 5.01. The van der Waals surface area contributed by atoms with E-state index in [9.17, 15) is 0 Å². The Morgan fingerprint density at radius 3 is 2.65 bits per heavy atom. The Bertz CT molecular complexity index is 788. The average Bonchev–Trinajstić information content (AvgIpc) is 3.04. The van der Waals surface area contributed by atoms with Crippen LogP contribution < -0.4 is 5.32 Å². The highest BCUT2D eigenvalue weighted by molar-refractivity contribution is 5.43. The molecule has 0 unspecified atom stereocenters. The van der Waals surface area contributed by atoms with Gasteiger partial charge in [0.05, 0.1) is 11.4 Å². The second-order valence-corrected chi connectivity index (χ2v) is 6.53. The summed E-state index contributed by atoms with van der Waals surface area (Å²) in [6.45, 7) is 3.39. The van der Waals surface area contributed by atoms with E-state index in [0.717, 1.165) is 13.0 Å². The molecule has 0 radical (unpaired) electrons. The highest BCUT2D eigenvalue weighted by Crippen LogP contribution is 2.29. The molecule has 2 atom stereocenters. The van der Waals surface area contributed by atoms with Gasteiger partial charge in [-0.25, -0.2) is 0 Å². The Morgan fingerprint density at radius 2 is 1.78 bits per heavy atom. The van der Waals surface area contributed by atoms with Crippen molar-refractivity contribution in [2.75, 3.05) is 0 Å². The van der Waals surface area contributed by atoms with Crippen molar-refractivity contribution < 1.29 is 5.32 Å². The van der Waals surface area contributed by atoms with Crippen LogP contribution in [0, 0.1) is 0 Å². The summed E-state index contributed by atoms with van der Waals surface area (Å²) in [6, 6.07) is 24.6. The lowest BCUT2D eigenvalue weighted by molar-refractivity contribution is -0.712. The standard InChI is InChI=1S/C21H22N2/c1-16(17-8-3-2-4-9-17)14-19-21-12-7-13-23(21)20-11-6-5-10-18(20)15-22-19/h2-13,16,19,22H,14-15H2,1H3/p+1/t16-,19-/m1/s1. The van der Waals surface area contributed by atoms with E-state index < -0.39 is 0 Å². The van der Waals surface area contributed by atoms with Gasteiger partial charge in [0, 0.05) is 18.2 Å². The van der Waals surface area contributed by atoms with Gasteiger partial charge in [-0.3, -0.25) is 0 Å². The maximum absolute atomic E-state index is 2.50. The Balaban J connectivity index is 1.65. The highest BCUT2D eigenvalue weighted by atomic mass is 15.1. The number of hydrogen-bond acceptors (Lipinski definition) is 0. The van der Waals surface area contributed by atoms with Crippen LogP contribution in [0.1, 0.15) is 42.1 Å². The van der Waals surface area contributed by atoms with Crippen molar-refractivity contribution in [3.05, 3.63) is 89.7 Å². The number of nitrogens with zero attached hydrogens (tertiary/aromatic N) is 1. The van der Waals surface area contributed by atoms with E-state index in [1.807, 2.05) is 0 Å². The van der Waals surface area contributed by atoms with Gasteiger partial charge in [-0.05, 0) is 29.7 Å². The summed E-state index contributed by atoms with van der Waals surface area (Å²) < 4.78 is 2.38. The van der Waals surface area contributed by atoms with Gasteiger partial charge in [-0.15, -0.1) is 0 Å². The fourth-order valence-electron chi connectivity index (χ4n) is 3.74. The summed E-state index contributed by atoms with van der Waals surface area (Å²) >= 11 is 0. The normalized spacial score (nSPS) is 17.9. The quantitative estimate of drug-likeness (QED) is 0.760. The zero-order valence-electron chi connectivity index (χ0n) is 13.5. The van der Waals surface area contributed by atoms with Crippen LogP contribution >= 0.6 is 0 Å². The molecule has 1 aliphatic rings. The lowest BCUT2D eigenvalue weighted by atomic mass is 9.92. The van der Waals surface area contributed by atoms with E-state index in [2.05, 4.69) is 89.7 Å². The van der Waals surface area contributed by atoms with E-state index in [0.29, 0.717) is 12.0 Å². The van der Waals surface area contributed by atoms with Crippen LogP contribution in [-0.2, 0) is 6.54 Å². The Labute approximate surface area is 137 Å². The molecule has 116 valence electrons. The predicted molar refractivity (Wildman–Crippen MR) is 93.6 cm³/mol. The minimum absolute atomic E-state index is 0.493. The van der Waals surface area contributed by atoms with Crippen molar-refractivity contribution in [2.24, 2.45) is 0 Å². The van der Waals surface area contributed by atoms with Gasteiger partial charge in [0.25, 0.3) is 0 Å². The first-order chi connectivity index (χ1) is 11.3. The minimum Gasteiger partial charge on any atom is -0.335 e. The van der Waals surface area contributed by atoms with Crippen LogP contribution in [0.15, 0.2) is 72.9 Å². The molecular weight excluding hydrogens is 280 g/mol. The number of hydrogen-bond donors (Lipinski definition) is 1. The molecule has 4 rings (SSSR count). The second kappa shape index (κ2) is 6.05. The van der Waals surface area contributed by atoms with E-state index in [1.165, 1.54) is 22.5 Å². The van der Waals surface area contributed by atoms with Crippen LogP contribution in [0.25, 0.3) is 5.69 Å². The molecule has 2 heterocycles. The molecule has 2 nitrogen and oxygen atoms in total. The number of aromatic nitrogens is 1. The van der Waals surface area contributed by atoms with Gasteiger partial charge >= 0.3 is 0 Å². The van der Waals surface area contributed by atoms with E-state index in [-0.39, 0.29) is 0 Å². The maximum atomic E-state index is 2.50. The van der Waals surface area contributed by atoms with Crippen LogP contribution in [-0.4, -0.2) is 4.57 Å². The molecule has 23 heavy (non-hydrogen) atoms. The van der Waals surface area contributed by atoms with Crippen LogP contribution in [0.2, 0.25) is 0 Å². The van der Waals surface area contributed by atoms with Crippen molar-refractivity contribution >= 4 is 0 Å². The highest BCUT2D eigenvalue weighted by Gasteiger charge is 2.26. The molecular formula is C21H23N2+. The van der Waals surface area contributed by atoms with Gasteiger partial charge in [0.2, 0.25) is 0 Å². The lowest BCUT2D eigenvalue weighted by Crippen LogP contribution is -2.83. The minimum atomic E-state index is 0.493. The van der Waals surface area contributed by atoms with Crippen LogP contribution in [0.3, 0.4) is 0 Å². The lowest BCUT2D eigenvalue weighted by Gasteiger charge is -2.19. The first kappa shape index (κ1) is 14.3. The fourth-order valence-corrected chi connectivity index (χ4v) is 3.74. The molecule has 0 saturated heterocycles. The van der Waals surface area contributed by atoms with Crippen molar-refractivity contribution in [2.45, 2.75) is 31.8 Å². The van der Waals surface area contributed by atoms with Crippen molar-refractivity contribution in [1.82, 2.24) is 4.57 Å². The number of fused-ring (bicyclic) bond motifs is 3. The number of rotatable bonds is 3. The summed E-state index contributed by atoms with van der Waals surface area (Å²) in [4.78, 5) is 0. The largest absolute Gasteiger partial charge is 0.335 e. The number of benzene rings is 2. The monoisotopic (exact) mass is 303 g/mol. The molecule has 2 heteroatoms. The van der Waals surface area contributed by atoms with Gasteiger partial charge < -0.3 is 9.88 Å². The molecule has 1 aliphatic heterocycles. The molecule has 0 fully saturated rings. The van der Waals surface area contributed by atoms with Gasteiger partial charge in [0.15, 0.2) is 0 Å². The zero-order valence-corrected chi connectivity index (χ0v) is 13.5. The van der Waals surface area contributed by atoms with Gasteiger partial charge in [-0.2, -0.15) is 0 Å². The molecule has 0 amide bonds. The molecule has 1 aromatic heterocycles. The van der Waals surface area contributed by atoms with E-state index in [1.54, 1.807) is 0 Å². The summed E-state index contributed by atoms with van der Waals surface area (Å²) in [6.07, 6.45) is 3.36. The molecule has 2 N–H and O–H groups in total. The zero-order chi connectivity index (χ0) is 15.6. The summed E-state index contributed by atoms with van der Waals surface area (Å²) in [5, 5.41) is 2.50. The van der Waals surface area contributed by atoms with E-state index in [4.69, 9.17) is 0 Å². The third-order valence-electron chi connectivity index (χ3n) is 5.01. The SMILES string of the molecule is C[C@H](C[C@H]1[NH2+]Cc2ccccc2-n2cccc21)c1ccccc1. The third kappa shape index (κ3) is 2.71. The first-order valence-corrected chi connectivity index (χ1v) is 8.47. The molecule has 2 aromatic carbocycles. The summed E-state index contributed by atoms with van der Waals surface area (Å²) in [7, 11) is 0. The van der Waals surface area contributed by atoms with Crippen LogP contribution in [0.4, 0.5) is 0 Å². The second-order valence-electron chi connectivity index (χ2n) is 6.53. The number of para-hydroxylation sites is 1. The molecule has 0 bridgehead atoms. The first-order valence-electron chi connectivity index (χ1n) is 8.47. The van der Waals surface area contributed by atoms with Crippen molar-refractivity contribution in [1.29, 1.82) is 0 Å². The molecule has 3 aromatic rings. The summed E-state index contributed by atoms with van der Waals surface area (Å²) in [5.74, 6) is 0.557. The predicted octanol–water partition coefficient (Wildman–Crippen LogP) is 3.79. The van der Waals surface area contributed by atoms with Gasteiger partial charge in [-0.1, -0.05) is 55.5 Å². The van der Waals surface area contributed by atoms with Gasteiger partial charge in [0.1, 0.15) is 12.6 Å².